The normalized spacial score (nSPS) is 19.4. The highest BCUT2D eigenvalue weighted by Crippen LogP contribution is 2.37. The van der Waals surface area contributed by atoms with Crippen LogP contribution in [0.2, 0.25) is 5.02 Å². The van der Waals surface area contributed by atoms with E-state index in [4.69, 9.17) is 11.6 Å². The topological polar surface area (TPSA) is 34.1 Å². The fourth-order valence-electron chi connectivity index (χ4n) is 3.27. The van der Waals surface area contributed by atoms with Gasteiger partial charge in [0.25, 0.3) is 0 Å². The lowest BCUT2D eigenvalue weighted by atomic mass is 9.92. The second-order valence-corrected chi connectivity index (χ2v) is 6.25. The van der Waals surface area contributed by atoms with Gasteiger partial charge in [-0.05, 0) is 56.2 Å². The van der Waals surface area contributed by atoms with E-state index in [0.717, 1.165) is 18.4 Å². The Bertz CT molecular complexity index is 648. The van der Waals surface area contributed by atoms with Crippen LogP contribution in [0.15, 0.2) is 23.3 Å². The standard InChI is InChI=1S/C17H16ClFO2/c1-9-6-10(15(19)8-14(9)18)7-13-16(20)11-4-2-3-5-12(11)17(13)21/h6,8,13H,2-5,7H2,1H3. The van der Waals surface area contributed by atoms with Crippen LogP contribution >= 0.6 is 11.6 Å². The average molecular weight is 307 g/mol. The van der Waals surface area contributed by atoms with Gasteiger partial charge in [-0.15, -0.1) is 0 Å². The summed E-state index contributed by atoms with van der Waals surface area (Å²) in [6.45, 7) is 1.78. The zero-order valence-corrected chi connectivity index (χ0v) is 12.6. The van der Waals surface area contributed by atoms with E-state index >= 15 is 0 Å². The molecule has 0 radical (unpaired) electrons. The van der Waals surface area contributed by atoms with Crippen LogP contribution in [-0.2, 0) is 16.0 Å². The summed E-state index contributed by atoms with van der Waals surface area (Å²) in [7, 11) is 0. The Balaban J connectivity index is 1.89. The molecule has 0 unspecified atom stereocenters. The largest absolute Gasteiger partial charge is 0.294 e. The summed E-state index contributed by atoms with van der Waals surface area (Å²) < 4.78 is 14.0. The van der Waals surface area contributed by atoms with Gasteiger partial charge in [-0.3, -0.25) is 9.59 Å². The number of aryl methyl sites for hydroxylation is 1. The zero-order chi connectivity index (χ0) is 15.1. The van der Waals surface area contributed by atoms with Crippen molar-refractivity contribution in [1.82, 2.24) is 0 Å². The number of hydrogen-bond acceptors (Lipinski definition) is 2. The molecule has 0 fully saturated rings. The highest BCUT2D eigenvalue weighted by Gasteiger charge is 2.41. The molecule has 0 aromatic heterocycles. The molecule has 0 atom stereocenters. The number of ketones is 2. The maximum absolute atomic E-state index is 14.0. The Labute approximate surface area is 128 Å². The maximum Gasteiger partial charge on any atom is 0.170 e. The summed E-state index contributed by atoms with van der Waals surface area (Å²) in [6, 6.07) is 2.89. The van der Waals surface area contributed by atoms with Gasteiger partial charge in [-0.1, -0.05) is 17.7 Å². The molecule has 110 valence electrons. The number of hydrogen-bond donors (Lipinski definition) is 0. The van der Waals surface area contributed by atoms with Crippen molar-refractivity contribution in [2.75, 3.05) is 0 Å². The quantitative estimate of drug-likeness (QED) is 0.775. The molecule has 0 bridgehead atoms. The summed E-state index contributed by atoms with van der Waals surface area (Å²) in [5.74, 6) is -1.37. The third-order valence-electron chi connectivity index (χ3n) is 4.45. The molecular formula is C17H16ClFO2. The number of halogens is 2. The van der Waals surface area contributed by atoms with E-state index in [0.29, 0.717) is 34.6 Å². The lowest BCUT2D eigenvalue weighted by Crippen LogP contribution is -2.21. The number of rotatable bonds is 2. The van der Waals surface area contributed by atoms with E-state index < -0.39 is 11.7 Å². The van der Waals surface area contributed by atoms with Crippen molar-refractivity contribution in [3.63, 3.8) is 0 Å². The summed E-state index contributed by atoms with van der Waals surface area (Å²) >= 11 is 5.88. The van der Waals surface area contributed by atoms with Gasteiger partial charge in [-0.2, -0.15) is 0 Å². The molecule has 4 heteroatoms. The molecule has 21 heavy (non-hydrogen) atoms. The first-order valence-electron chi connectivity index (χ1n) is 7.24. The maximum atomic E-state index is 14.0. The van der Waals surface area contributed by atoms with Crippen molar-refractivity contribution in [3.8, 4) is 0 Å². The lowest BCUT2D eigenvalue weighted by Gasteiger charge is -2.11. The lowest BCUT2D eigenvalue weighted by molar-refractivity contribution is -0.126. The van der Waals surface area contributed by atoms with Gasteiger partial charge in [0, 0.05) is 16.2 Å². The summed E-state index contributed by atoms with van der Waals surface area (Å²) in [5.41, 5.74) is 2.54. The fourth-order valence-corrected chi connectivity index (χ4v) is 3.42. The first-order valence-corrected chi connectivity index (χ1v) is 7.62. The molecule has 1 aromatic carbocycles. The summed E-state index contributed by atoms with van der Waals surface area (Å²) in [5, 5.41) is 0.359. The minimum atomic E-state index is -0.733. The van der Waals surface area contributed by atoms with Crippen LogP contribution < -0.4 is 0 Å². The van der Waals surface area contributed by atoms with Crippen LogP contribution in [0, 0.1) is 18.7 Å². The molecule has 0 amide bonds. The molecule has 0 saturated heterocycles. The van der Waals surface area contributed by atoms with Crippen molar-refractivity contribution < 1.29 is 14.0 Å². The number of Topliss-reactive ketones (excluding diaryl/α,β-unsaturated/α-hetero) is 2. The second kappa shape index (κ2) is 5.38. The first kappa shape index (κ1) is 14.5. The zero-order valence-electron chi connectivity index (χ0n) is 11.8. The average Bonchev–Trinajstić information content (AvgIpc) is 2.70. The summed E-state index contributed by atoms with van der Waals surface area (Å²) in [6.07, 6.45) is 3.43. The predicted molar refractivity (Wildman–Crippen MR) is 78.8 cm³/mol. The van der Waals surface area contributed by atoms with Crippen LogP contribution in [0.4, 0.5) is 4.39 Å². The molecule has 2 aliphatic rings. The minimum absolute atomic E-state index is 0.0956. The van der Waals surface area contributed by atoms with Crippen LogP contribution in [0.5, 0.6) is 0 Å². The van der Waals surface area contributed by atoms with E-state index in [9.17, 15) is 14.0 Å². The molecule has 2 nitrogen and oxygen atoms in total. The van der Waals surface area contributed by atoms with E-state index in [1.165, 1.54) is 6.07 Å². The van der Waals surface area contributed by atoms with Crippen molar-refractivity contribution in [2.45, 2.75) is 39.0 Å². The number of carbonyl (C=O) groups excluding carboxylic acids is 2. The van der Waals surface area contributed by atoms with Crippen LogP contribution in [-0.4, -0.2) is 11.6 Å². The fraction of sp³-hybridized carbons (Fsp3) is 0.412. The third kappa shape index (κ3) is 2.44. The molecule has 1 aromatic rings. The van der Waals surface area contributed by atoms with Crippen LogP contribution in [0.3, 0.4) is 0 Å². The molecule has 0 heterocycles. The number of carbonyl (C=O) groups is 2. The molecule has 0 N–H and O–H groups in total. The number of benzene rings is 1. The van der Waals surface area contributed by atoms with Crippen molar-refractivity contribution >= 4 is 23.2 Å². The SMILES string of the molecule is Cc1cc(CC2C(=O)C3=C(CCCC3)C2=O)c(F)cc1Cl. The van der Waals surface area contributed by atoms with Gasteiger partial charge in [-0.25, -0.2) is 4.39 Å². The predicted octanol–water partition coefficient (Wildman–Crippen LogP) is 3.97. The molecule has 0 spiro atoms. The van der Waals surface area contributed by atoms with Crippen LogP contribution in [0.1, 0.15) is 36.8 Å². The van der Waals surface area contributed by atoms with E-state index in [1.54, 1.807) is 13.0 Å². The van der Waals surface area contributed by atoms with Gasteiger partial charge < -0.3 is 0 Å². The van der Waals surface area contributed by atoms with Crippen molar-refractivity contribution in [2.24, 2.45) is 5.92 Å². The second-order valence-electron chi connectivity index (χ2n) is 5.84. The molecule has 3 rings (SSSR count). The van der Waals surface area contributed by atoms with Gasteiger partial charge in [0.15, 0.2) is 11.6 Å². The van der Waals surface area contributed by atoms with E-state index in [2.05, 4.69) is 0 Å². The van der Waals surface area contributed by atoms with Gasteiger partial charge in [0.2, 0.25) is 0 Å². The molecular weight excluding hydrogens is 291 g/mol. The Morgan fingerprint density at radius 1 is 1.14 bits per heavy atom. The van der Waals surface area contributed by atoms with Gasteiger partial charge in [0.1, 0.15) is 5.82 Å². The summed E-state index contributed by atoms with van der Waals surface area (Å²) in [4.78, 5) is 24.8. The Kier molecular flexibility index (Phi) is 3.70. The van der Waals surface area contributed by atoms with E-state index in [1.807, 2.05) is 0 Å². The highest BCUT2D eigenvalue weighted by atomic mass is 35.5. The Morgan fingerprint density at radius 3 is 2.29 bits per heavy atom. The third-order valence-corrected chi connectivity index (χ3v) is 4.85. The molecule has 2 aliphatic carbocycles. The smallest absolute Gasteiger partial charge is 0.170 e. The van der Waals surface area contributed by atoms with Crippen molar-refractivity contribution in [3.05, 3.63) is 45.2 Å². The van der Waals surface area contributed by atoms with Gasteiger partial charge >= 0.3 is 0 Å². The van der Waals surface area contributed by atoms with Crippen LogP contribution in [0.25, 0.3) is 0 Å². The van der Waals surface area contributed by atoms with E-state index in [-0.39, 0.29) is 18.0 Å². The first-order chi connectivity index (χ1) is 9.99. The number of allylic oxidation sites excluding steroid dienone is 2. The minimum Gasteiger partial charge on any atom is -0.294 e. The Hall–Kier alpha value is -1.48. The molecule has 0 saturated carbocycles. The van der Waals surface area contributed by atoms with Gasteiger partial charge in [0.05, 0.1) is 5.92 Å². The Morgan fingerprint density at radius 2 is 1.71 bits per heavy atom. The molecule has 0 aliphatic heterocycles. The van der Waals surface area contributed by atoms with Crippen molar-refractivity contribution in [1.29, 1.82) is 0 Å². The monoisotopic (exact) mass is 306 g/mol. The highest BCUT2D eigenvalue weighted by molar-refractivity contribution is 6.31.